The second-order valence-electron chi connectivity index (χ2n) is 2.80. The smallest absolute Gasteiger partial charge is 0.307 e. The number of rotatable bonds is 7. The van der Waals surface area contributed by atoms with E-state index in [0.717, 1.165) is 0 Å². The molecule has 0 nitrogen and oxygen atoms in total. The summed E-state index contributed by atoms with van der Waals surface area (Å²) in [5.41, 5.74) is 0. The van der Waals surface area contributed by atoms with Crippen LogP contribution in [0.2, 0.25) is 4.55 Å². The molecule has 0 aliphatic rings. The summed E-state index contributed by atoms with van der Waals surface area (Å²) in [6.07, 6.45) is 11.4. The summed E-state index contributed by atoms with van der Waals surface area (Å²) in [6.45, 7) is 2.25. The van der Waals surface area contributed by atoms with Gasteiger partial charge >= 0.3 is 18.2 Å². The average molecular weight is 229 g/mol. The first-order valence-corrected chi connectivity index (χ1v) is 9.52. The molecule has 0 aromatic carbocycles. The molecule has 0 bridgehead atoms. The van der Waals surface area contributed by atoms with Crippen molar-refractivity contribution < 1.29 is 0 Å². The Morgan fingerprint density at radius 3 is 2.55 bits per heavy atom. The number of hydrogen-bond donors (Lipinski definition) is 0. The zero-order valence-corrected chi connectivity index (χ0v) is 10.5. The number of allylic oxidation sites excluding steroid dienone is 2. The lowest BCUT2D eigenvalue weighted by Gasteiger charge is -1.91. The van der Waals surface area contributed by atoms with Crippen LogP contribution < -0.4 is 0 Å². The molecule has 0 unspecified atom stereocenters. The van der Waals surface area contributed by atoms with Gasteiger partial charge in [0.2, 0.25) is 0 Å². The molecule has 0 rings (SSSR count). The molecule has 62 valence electrons. The SMILES string of the molecule is CCCCC/C=C\C[CH2][Mg][Br]. The van der Waals surface area contributed by atoms with Gasteiger partial charge < -0.3 is 12.9 Å². The zero-order chi connectivity index (χ0) is 8.36. The Labute approximate surface area is 86.4 Å². The highest BCUT2D eigenvalue weighted by atomic mass is 79.9. The van der Waals surface area contributed by atoms with Gasteiger partial charge in [0, 0.05) is 0 Å². The van der Waals surface area contributed by atoms with E-state index in [9.17, 15) is 0 Å². The Balaban J connectivity index is 2.91. The van der Waals surface area contributed by atoms with Crippen molar-refractivity contribution in [3.63, 3.8) is 0 Å². The van der Waals surface area contributed by atoms with E-state index in [2.05, 4.69) is 32.0 Å². The quantitative estimate of drug-likeness (QED) is 0.352. The molecule has 0 saturated heterocycles. The third-order valence-corrected chi connectivity index (χ3v) is 4.00. The molecule has 0 N–H and O–H groups in total. The van der Waals surface area contributed by atoms with Crippen molar-refractivity contribution in [2.24, 2.45) is 0 Å². The van der Waals surface area contributed by atoms with Gasteiger partial charge in [-0.15, -0.1) is 4.55 Å². The largest absolute Gasteiger partial charge is 0.468 e. The molecule has 0 amide bonds. The summed E-state index contributed by atoms with van der Waals surface area (Å²) < 4.78 is 1.41. The van der Waals surface area contributed by atoms with Gasteiger partial charge in [0.15, 0.2) is 0 Å². The van der Waals surface area contributed by atoms with E-state index in [4.69, 9.17) is 0 Å². The van der Waals surface area contributed by atoms with Crippen molar-refractivity contribution in [2.75, 3.05) is 0 Å². The van der Waals surface area contributed by atoms with Crippen LogP contribution in [0.1, 0.15) is 39.0 Å². The Bertz CT molecular complexity index is 91.6. The fourth-order valence-corrected chi connectivity index (χ4v) is 2.30. The minimum Gasteiger partial charge on any atom is -0.307 e. The first-order valence-electron chi connectivity index (χ1n) is 4.62. The second-order valence-corrected chi connectivity index (χ2v) is 6.26. The van der Waals surface area contributed by atoms with Crippen LogP contribution in [0.25, 0.3) is 0 Å². The minimum atomic E-state index is 0.131. The highest BCUT2D eigenvalue weighted by Crippen LogP contribution is 2.01. The maximum absolute atomic E-state index is 3.55. The molecule has 0 aliphatic heterocycles. The van der Waals surface area contributed by atoms with Crippen LogP contribution >= 0.6 is 12.9 Å². The lowest BCUT2D eigenvalue weighted by atomic mass is 10.2. The van der Waals surface area contributed by atoms with Crippen LogP contribution in [-0.2, 0) is 0 Å². The maximum Gasteiger partial charge on any atom is 0.468 e. The molecule has 0 aromatic heterocycles. The highest BCUT2D eigenvalue weighted by Gasteiger charge is 1.85. The first kappa shape index (κ1) is 12.0. The standard InChI is InChI=1S/C9H17.BrH.Mg/c1-3-5-7-9-8-6-4-2;;/h5,7H,1,3-4,6,8-9H2,2H3;1H;/q;;+1/p-1/b7-5-;;. The summed E-state index contributed by atoms with van der Waals surface area (Å²) >= 11 is 3.68. The lowest BCUT2D eigenvalue weighted by molar-refractivity contribution is 0.728. The van der Waals surface area contributed by atoms with E-state index in [1.165, 1.54) is 36.7 Å². The molecule has 0 atom stereocenters. The average Bonchev–Trinajstić information content (AvgIpc) is 2.03. The Morgan fingerprint density at radius 1 is 1.18 bits per heavy atom. The second kappa shape index (κ2) is 11.0. The molecule has 2 heteroatoms. The predicted octanol–water partition coefficient (Wildman–Crippen LogP) is 3.95. The maximum atomic E-state index is 3.55. The third-order valence-electron chi connectivity index (χ3n) is 1.65. The molecule has 0 heterocycles. The summed E-state index contributed by atoms with van der Waals surface area (Å²) in [6, 6.07) is 0. The highest BCUT2D eigenvalue weighted by molar-refractivity contribution is 9.23. The fourth-order valence-electron chi connectivity index (χ4n) is 0.943. The number of unbranched alkanes of at least 4 members (excludes halogenated alkanes) is 3. The normalized spacial score (nSPS) is 10.4. The first-order chi connectivity index (χ1) is 5.41. The van der Waals surface area contributed by atoms with Crippen molar-refractivity contribution in [3.8, 4) is 0 Å². The predicted molar refractivity (Wildman–Crippen MR) is 57.4 cm³/mol. The molecule has 0 radical (unpaired) electrons. The molecular weight excluding hydrogens is 212 g/mol. The lowest BCUT2D eigenvalue weighted by Crippen LogP contribution is -1.74. The monoisotopic (exact) mass is 228 g/mol. The van der Waals surface area contributed by atoms with E-state index >= 15 is 0 Å². The van der Waals surface area contributed by atoms with Crippen LogP contribution in [0.15, 0.2) is 12.2 Å². The fraction of sp³-hybridized carbons (Fsp3) is 0.778. The van der Waals surface area contributed by atoms with Crippen LogP contribution in [-0.4, -0.2) is 18.2 Å². The van der Waals surface area contributed by atoms with Crippen molar-refractivity contribution in [1.82, 2.24) is 0 Å². The van der Waals surface area contributed by atoms with Crippen molar-refractivity contribution in [3.05, 3.63) is 12.2 Å². The molecule has 11 heavy (non-hydrogen) atoms. The van der Waals surface area contributed by atoms with Gasteiger partial charge in [0.25, 0.3) is 0 Å². The zero-order valence-electron chi connectivity index (χ0n) is 7.48. The summed E-state index contributed by atoms with van der Waals surface area (Å²) in [5.74, 6) is 0. The van der Waals surface area contributed by atoms with Gasteiger partial charge in [-0.1, -0.05) is 38.3 Å². The van der Waals surface area contributed by atoms with Gasteiger partial charge in [0.05, 0.1) is 0 Å². The van der Waals surface area contributed by atoms with Gasteiger partial charge in [-0.05, 0) is 12.8 Å². The van der Waals surface area contributed by atoms with Gasteiger partial charge in [-0.2, -0.15) is 0 Å². The van der Waals surface area contributed by atoms with E-state index in [-0.39, 0.29) is 18.2 Å². The number of hydrogen-bond acceptors (Lipinski definition) is 0. The minimum absolute atomic E-state index is 0.131. The van der Waals surface area contributed by atoms with Gasteiger partial charge in [-0.3, -0.25) is 0 Å². The molecule has 0 saturated carbocycles. The van der Waals surface area contributed by atoms with E-state index < -0.39 is 0 Å². The van der Waals surface area contributed by atoms with Crippen LogP contribution in [0, 0.1) is 0 Å². The molecule has 0 aromatic rings. The summed E-state index contributed by atoms with van der Waals surface area (Å²) in [4.78, 5) is 0. The van der Waals surface area contributed by atoms with Crippen LogP contribution in [0.5, 0.6) is 0 Å². The topological polar surface area (TPSA) is 0 Å². The number of halogens is 1. The summed E-state index contributed by atoms with van der Waals surface area (Å²) in [5, 5.41) is 0. The summed E-state index contributed by atoms with van der Waals surface area (Å²) in [7, 11) is 0. The molecule has 0 aliphatic carbocycles. The Hall–Kier alpha value is 0.986. The van der Waals surface area contributed by atoms with Crippen molar-refractivity contribution >= 4 is 31.1 Å². The van der Waals surface area contributed by atoms with Crippen LogP contribution in [0.4, 0.5) is 0 Å². The van der Waals surface area contributed by atoms with Gasteiger partial charge in [-0.25, -0.2) is 0 Å². The van der Waals surface area contributed by atoms with Gasteiger partial charge in [0.1, 0.15) is 0 Å². The van der Waals surface area contributed by atoms with E-state index in [1.54, 1.807) is 0 Å². The third kappa shape index (κ3) is 11.0. The van der Waals surface area contributed by atoms with Crippen molar-refractivity contribution in [1.29, 1.82) is 0 Å². The molecule has 0 spiro atoms. The van der Waals surface area contributed by atoms with Crippen LogP contribution in [0.3, 0.4) is 0 Å². The molecular formula is C9H17BrMg. The van der Waals surface area contributed by atoms with Crippen molar-refractivity contribution in [2.45, 2.75) is 43.6 Å². The molecule has 0 fully saturated rings. The Kier molecular flexibility index (Phi) is 12.0. The van der Waals surface area contributed by atoms with E-state index in [0.29, 0.717) is 0 Å². The van der Waals surface area contributed by atoms with E-state index in [1.807, 2.05) is 0 Å². The Morgan fingerprint density at radius 2 is 1.91 bits per heavy atom.